The van der Waals surface area contributed by atoms with Crippen molar-refractivity contribution in [2.45, 2.75) is 25.6 Å². The summed E-state index contributed by atoms with van der Waals surface area (Å²) in [7, 11) is 0. The normalized spacial score (nSPS) is 13.9. The third kappa shape index (κ3) is 4.09. The van der Waals surface area contributed by atoms with Crippen LogP contribution < -0.4 is 0 Å². The largest absolute Gasteiger partial charge is 0.390 e. The van der Waals surface area contributed by atoms with Crippen molar-refractivity contribution in [3.8, 4) is 0 Å². The number of ether oxygens (including phenoxy) is 1. The lowest BCUT2D eigenvalue weighted by Gasteiger charge is -2.23. The molecule has 2 aromatic carbocycles. The first-order valence-corrected chi connectivity index (χ1v) is 6.90. The molecular weight excluding hydrogens is 274 g/mol. The fraction of sp³-hybridized carbons (Fsp3) is 0.294. The molecule has 2 rings (SSSR count). The van der Waals surface area contributed by atoms with E-state index < -0.39 is 23.8 Å². The van der Waals surface area contributed by atoms with Crippen molar-refractivity contribution in [3.63, 3.8) is 0 Å². The highest BCUT2D eigenvalue weighted by molar-refractivity contribution is 5.22. The molecule has 0 spiro atoms. The van der Waals surface area contributed by atoms with Crippen molar-refractivity contribution < 1.29 is 18.6 Å². The van der Waals surface area contributed by atoms with Crippen LogP contribution in [-0.2, 0) is 11.2 Å². The average molecular weight is 292 g/mol. The van der Waals surface area contributed by atoms with Crippen molar-refractivity contribution in [2.24, 2.45) is 0 Å². The van der Waals surface area contributed by atoms with Gasteiger partial charge in [0.15, 0.2) is 0 Å². The molecule has 0 heterocycles. The SMILES string of the molecule is CCOC(c1ccccc1)C(O)Cc1ccc(F)cc1F. The smallest absolute Gasteiger partial charge is 0.129 e. The molecule has 0 aliphatic carbocycles. The summed E-state index contributed by atoms with van der Waals surface area (Å²) in [6.07, 6.45) is -1.39. The number of hydrogen-bond acceptors (Lipinski definition) is 2. The summed E-state index contributed by atoms with van der Waals surface area (Å²) in [4.78, 5) is 0. The Labute approximate surface area is 123 Å². The van der Waals surface area contributed by atoms with Crippen LogP contribution in [0.4, 0.5) is 8.78 Å². The van der Waals surface area contributed by atoms with Crippen molar-refractivity contribution in [1.82, 2.24) is 0 Å². The van der Waals surface area contributed by atoms with Gasteiger partial charge in [0.25, 0.3) is 0 Å². The van der Waals surface area contributed by atoms with E-state index in [0.29, 0.717) is 6.61 Å². The molecule has 0 radical (unpaired) electrons. The van der Waals surface area contributed by atoms with Crippen molar-refractivity contribution >= 4 is 0 Å². The molecule has 0 aliphatic rings. The van der Waals surface area contributed by atoms with Crippen LogP contribution in [0.5, 0.6) is 0 Å². The molecule has 0 bridgehead atoms. The summed E-state index contributed by atoms with van der Waals surface area (Å²) in [6.45, 7) is 2.27. The van der Waals surface area contributed by atoms with E-state index in [-0.39, 0.29) is 12.0 Å². The molecule has 4 heteroatoms. The molecule has 1 N–H and O–H groups in total. The van der Waals surface area contributed by atoms with Crippen LogP contribution in [0.15, 0.2) is 48.5 Å². The zero-order chi connectivity index (χ0) is 15.2. The third-order valence-corrected chi connectivity index (χ3v) is 3.27. The second-order valence-corrected chi connectivity index (χ2v) is 4.79. The molecule has 0 saturated heterocycles. The van der Waals surface area contributed by atoms with E-state index in [9.17, 15) is 13.9 Å². The van der Waals surface area contributed by atoms with Gasteiger partial charge in [-0.25, -0.2) is 8.78 Å². The summed E-state index contributed by atoms with van der Waals surface area (Å²) >= 11 is 0. The molecule has 2 unspecified atom stereocenters. The topological polar surface area (TPSA) is 29.5 Å². The molecule has 0 saturated carbocycles. The maximum Gasteiger partial charge on any atom is 0.129 e. The molecule has 2 aromatic rings. The lowest BCUT2D eigenvalue weighted by molar-refractivity contribution is -0.0342. The highest BCUT2D eigenvalue weighted by atomic mass is 19.1. The maximum absolute atomic E-state index is 13.7. The molecule has 0 amide bonds. The highest BCUT2D eigenvalue weighted by Crippen LogP contribution is 2.24. The number of aliphatic hydroxyl groups excluding tert-OH is 1. The Bertz CT molecular complexity index is 572. The Hall–Kier alpha value is -1.78. The third-order valence-electron chi connectivity index (χ3n) is 3.27. The van der Waals surface area contributed by atoms with Crippen molar-refractivity contribution in [1.29, 1.82) is 0 Å². The van der Waals surface area contributed by atoms with Gasteiger partial charge in [-0.3, -0.25) is 0 Å². The predicted octanol–water partition coefficient (Wildman–Crippen LogP) is 3.65. The molecule has 0 aliphatic heterocycles. The van der Waals surface area contributed by atoms with Gasteiger partial charge >= 0.3 is 0 Å². The lowest BCUT2D eigenvalue weighted by atomic mass is 9.98. The van der Waals surface area contributed by atoms with Crippen LogP contribution in [0.2, 0.25) is 0 Å². The van der Waals surface area contributed by atoms with E-state index >= 15 is 0 Å². The van der Waals surface area contributed by atoms with Crippen LogP contribution in [0.1, 0.15) is 24.2 Å². The first-order chi connectivity index (χ1) is 10.1. The van der Waals surface area contributed by atoms with Gasteiger partial charge in [0.2, 0.25) is 0 Å². The highest BCUT2D eigenvalue weighted by Gasteiger charge is 2.23. The average Bonchev–Trinajstić information content (AvgIpc) is 2.48. The van der Waals surface area contributed by atoms with Crippen LogP contribution >= 0.6 is 0 Å². The van der Waals surface area contributed by atoms with Crippen LogP contribution in [0, 0.1) is 11.6 Å². The minimum Gasteiger partial charge on any atom is -0.390 e. The van der Waals surface area contributed by atoms with Gasteiger partial charge in [-0.15, -0.1) is 0 Å². The molecule has 0 aromatic heterocycles. The predicted molar refractivity (Wildman–Crippen MR) is 76.9 cm³/mol. The quantitative estimate of drug-likeness (QED) is 0.880. The van der Waals surface area contributed by atoms with E-state index in [1.807, 2.05) is 37.3 Å². The summed E-state index contributed by atoms with van der Waals surface area (Å²) in [5.41, 5.74) is 1.10. The Morgan fingerprint density at radius 3 is 2.43 bits per heavy atom. The van der Waals surface area contributed by atoms with E-state index in [1.165, 1.54) is 12.1 Å². The standard InChI is InChI=1S/C17H18F2O2/c1-2-21-17(12-6-4-3-5-7-12)16(20)10-13-8-9-14(18)11-15(13)19/h3-9,11,16-17,20H,2,10H2,1H3. The van der Waals surface area contributed by atoms with Crippen molar-refractivity contribution in [3.05, 3.63) is 71.3 Å². The van der Waals surface area contributed by atoms with Gasteiger partial charge in [-0.1, -0.05) is 36.4 Å². The van der Waals surface area contributed by atoms with E-state index in [4.69, 9.17) is 4.74 Å². The Balaban J connectivity index is 2.17. The van der Waals surface area contributed by atoms with Crippen molar-refractivity contribution in [2.75, 3.05) is 6.61 Å². The van der Waals surface area contributed by atoms with Crippen LogP contribution in [0.3, 0.4) is 0 Å². The number of benzene rings is 2. The molecular formula is C17H18F2O2. The van der Waals surface area contributed by atoms with Crippen LogP contribution in [-0.4, -0.2) is 17.8 Å². The number of rotatable bonds is 6. The fourth-order valence-corrected chi connectivity index (χ4v) is 2.27. The van der Waals surface area contributed by atoms with Crippen LogP contribution in [0.25, 0.3) is 0 Å². The van der Waals surface area contributed by atoms with Gasteiger partial charge in [0.05, 0.1) is 6.10 Å². The molecule has 2 atom stereocenters. The van der Waals surface area contributed by atoms with E-state index in [2.05, 4.69) is 0 Å². The molecule has 21 heavy (non-hydrogen) atoms. The number of aliphatic hydroxyl groups is 1. The minimum atomic E-state index is -0.910. The second kappa shape index (κ2) is 7.29. The first kappa shape index (κ1) is 15.6. The van der Waals surface area contributed by atoms with Gasteiger partial charge in [0, 0.05) is 19.1 Å². The molecule has 2 nitrogen and oxygen atoms in total. The molecule has 0 fully saturated rings. The number of hydrogen-bond donors (Lipinski definition) is 1. The summed E-state index contributed by atoms with van der Waals surface area (Å²) in [5.74, 6) is -1.28. The second-order valence-electron chi connectivity index (χ2n) is 4.79. The summed E-state index contributed by atoms with van der Waals surface area (Å²) in [6, 6.07) is 12.6. The van der Waals surface area contributed by atoms with Gasteiger partial charge in [-0.05, 0) is 24.1 Å². The minimum absolute atomic E-state index is 0.0612. The lowest BCUT2D eigenvalue weighted by Crippen LogP contribution is -2.24. The number of halogens is 2. The Kier molecular flexibility index (Phi) is 5.42. The Morgan fingerprint density at radius 1 is 1.10 bits per heavy atom. The zero-order valence-electron chi connectivity index (χ0n) is 11.8. The monoisotopic (exact) mass is 292 g/mol. The van der Waals surface area contributed by atoms with E-state index in [1.54, 1.807) is 0 Å². The zero-order valence-corrected chi connectivity index (χ0v) is 11.8. The maximum atomic E-state index is 13.7. The summed E-state index contributed by atoms with van der Waals surface area (Å²) < 4.78 is 32.2. The van der Waals surface area contributed by atoms with Gasteiger partial charge < -0.3 is 9.84 Å². The summed E-state index contributed by atoms with van der Waals surface area (Å²) in [5, 5.41) is 10.4. The van der Waals surface area contributed by atoms with Gasteiger partial charge in [0.1, 0.15) is 17.7 Å². The van der Waals surface area contributed by atoms with Gasteiger partial charge in [-0.2, -0.15) is 0 Å². The first-order valence-electron chi connectivity index (χ1n) is 6.90. The Morgan fingerprint density at radius 2 is 1.81 bits per heavy atom. The van der Waals surface area contributed by atoms with E-state index in [0.717, 1.165) is 11.6 Å². The molecule has 112 valence electrons. The fourth-order valence-electron chi connectivity index (χ4n) is 2.27.